The van der Waals surface area contributed by atoms with E-state index in [1.54, 1.807) is 13.8 Å². The number of esters is 2. The van der Waals surface area contributed by atoms with Crippen LogP contribution in [0.4, 0.5) is 5.95 Å². The van der Waals surface area contributed by atoms with Crippen molar-refractivity contribution in [3.8, 4) is 0 Å². The zero-order valence-corrected chi connectivity index (χ0v) is 22.7. The summed E-state index contributed by atoms with van der Waals surface area (Å²) in [5.74, 6) is -2.20. The number of nitrogens with one attached hydrogen (secondary N) is 2. The molecule has 40 heavy (non-hydrogen) atoms. The molecule has 15 nitrogen and oxygen atoms in total. The van der Waals surface area contributed by atoms with Crippen molar-refractivity contribution in [2.45, 2.75) is 84.2 Å². The first-order chi connectivity index (χ1) is 19.0. The van der Waals surface area contributed by atoms with Crippen LogP contribution in [0, 0.1) is 5.92 Å². The number of ether oxygens (including phenoxy) is 5. The molecule has 4 rings (SSSR count). The van der Waals surface area contributed by atoms with Crippen molar-refractivity contribution in [2.75, 3.05) is 18.5 Å². The lowest BCUT2D eigenvalue weighted by Gasteiger charge is -2.27. The average molecular weight is 564 g/mol. The van der Waals surface area contributed by atoms with Crippen LogP contribution >= 0.6 is 0 Å². The van der Waals surface area contributed by atoms with Crippen LogP contribution < -0.4 is 10.9 Å². The van der Waals surface area contributed by atoms with Crippen LogP contribution in [-0.4, -0.2) is 81.0 Å². The minimum absolute atomic E-state index is 0.0230. The Hall–Kier alpha value is -3.69. The predicted octanol–water partition coefficient (Wildman–Crippen LogP) is 0.977. The molecule has 2 fully saturated rings. The number of anilines is 1. The molecule has 0 aromatic carbocycles. The molecule has 2 saturated heterocycles. The maximum atomic E-state index is 12.7. The molecule has 2 N–H and O–H groups in total. The van der Waals surface area contributed by atoms with E-state index in [1.807, 2.05) is 0 Å². The van der Waals surface area contributed by atoms with Crippen LogP contribution in [0.15, 0.2) is 11.1 Å². The van der Waals surface area contributed by atoms with Crippen LogP contribution in [-0.2, 0) is 42.9 Å². The Morgan fingerprint density at radius 1 is 1.20 bits per heavy atom. The van der Waals surface area contributed by atoms with Gasteiger partial charge in [-0.15, -0.1) is 0 Å². The van der Waals surface area contributed by atoms with E-state index in [2.05, 4.69) is 20.3 Å². The molecular weight excluding hydrogens is 530 g/mol. The highest BCUT2D eigenvalue weighted by Gasteiger charge is 2.51. The van der Waals surface area contributed by atoms with Crippen molar-refractivity contribution in [2.24, 2.45) is 5.92 Å². The number of carbonyl (C=O) groups excluding carboxylic acids is 4. The van der Waals surface area contributed by atoms with E-state index < -0.39 is 48.3 Å². The van der Waals surface area contributed by atoms with E-state index in [-0.39, 0.29) is 54.2 Å². The average Bonchev–Trinajstić information content (AvgIpc) is 3.62. The second kappa shape index (κ2) is 12.7. The Morgan fingerprint density at radius 2 is 1.98 bits per heavy atom. The molecule has 2 aromatic rings. The molecule has 2 aliphatic rings. The summed E-state index contributed by atoms with van der Waals surface area (Å²) < 4.78 is 30.4. The third-order valence-corrected chi connectivity index (χ3v) is 6.35. The van der Waals surface area contributed by atoms with Crippen molar-refractivity contribution in [1.82, 2.24) is 19.5 Å². The number of rotatable bonds is 11. The van der Waals surface area contributed by atoms with Gasteiger partial charge in [0.1, 0.15) is 24.6 Å². The molecule has 0 spiro atoms. The summed E-state index contributed by atoms with van der Waals surface area (Å²) >= 11 is 0. The van der Waals surface area contributed by atoms with Gasteiger partial charge in [0.05, 0.1) is 12.7 Å². The number of hydrogen-bond acceptors (Lipinski definition) is 12. The Labute approximate surface area is 228 Å². The Bertz CT molecular complexity index is 1310. The third-order valence-electron chi connectivity index (χ3n) is 6.35. The van der Waals surface area contributed by atoms with Gasteiger partial charge in [-0.1, -0.05) is 13.8 Å². The maximum absolute atomic E-state index is 12.7. The molecule has 1 unspecified atom stereocenters. The molecule has 1 amide bonds. The molecule has 4 heterocycles. The number of amides is 1. The van der Waals surface area contributed by atoms with Gasteiger partial charge in [-0.2, -0.15) is 4.98 Å². The largest absolute Gasteiger partial charge is 0.463 e. The van der Waals surface area contributed by atoms with Crippen molar-refractivity contribution < 1.29 is 42.9 Å². The summed E-state index contributed by atoms with van der Waals surface area (Å²) in [5, 5.41) is 2.56. The van der Waals surface area contributed by atoms with Gasteiger partial charge in [0.15, 0.2) is 29.8 Å². The highest BCUT2D eigenvalue weighted by molar-refractivity contribution is 5.91. The smallest absolute Gasteiger partial charge is 0.306 e. The summed E-state index contributed by atoms with van der Waals surface area (Å²) in [6.45, 7) is 6.17. The van der Waals surface area contributed by atoms with Gasteiger partial charge >= 0.3 is 11.9 Å². The van der Waals surface area contributed by atoms with Gasteiger partial charge in [-0.05, 0) is 13.3 Å². The monoisotopic (exact) mass is 563 g/mol. The van der Waals surface area contributed by atoms with E-state index in [9.17, 15) is 24.0 Å². The number of Topliss-reactive ketones (excluding diaryl/α,β-unsaturated/α-hetero) is 1. The first-order valence-electron chi connectivity index (χ1n) is 13.1. The van der Waals surface area contributed by atoms with E-state index in [1.165, 1.54) is 24.7 Å². The second-order valence-corrected chi connectivity index (χ2v) is 9.95. The van der Waals surface area contributed by atoms with Gasteiger partial charge in [0.2, 0.25) is 11.9 Å². The van der Waals surface area contributed by atoms with Crippen molar-refractivity contribution >= 4 is 40.7 Å². The topological polar surface area (TPSA) is 190 Å². The van der Waals surface area contributed by atoms with E-state index >= 15 is 0 Å². The zero-order chi connectivity index (χ0) is 29.0. The lowest BCUT2D eigenvalue weighted by atomic mass is 10.1. The minimum Gasteiger partial charge on any atom is -0.463 e. The summed E-state index contributed by atoms with van der Waals surface area (Å²) in [6, 6.07) is 0. The number of nitrogens with zero attached hydrogens (tertiary/aromatic N) is 3. The number of imidazole rings is 1. The summed E-state index contributed by atoms with van der Waals surface area (Å²) in [5.41, 5.74) is -0.538. The van der Waals surface area contributed by atoms with Gasteiger partial charge in [-0.3, -0.25) is 34.0 Å². The van der Waals surface area contributed by atoms with Crippen molar-refractivity contribution in [1.29, 1.82) is 0 Å². The zero-order valence-electron chi connectivity index (χ0n) is 22.7. The van der Waals surface area contributed by atoms with Crippen LogP contribution in [0.2, 0.25) is 0 Å². The lowest BCUT2D eigenvalue weighted by molar-refractivity contribution is -0.190. The molecule has 0 radical (unpaired) electrons. The van der Waals surface area contributed by atoms with Crippen LogP contribution in [0.1, 0.15) is 59.6 Å². The van der Waals surface area contributed by atoms with Crippen LogP contribution in [0.5, 0.6) is 0 Å². The Kier molecular flexibility index (Phi) is 9.27. The molecule has 2 aromatic heterocycles. The second-order valence-electron chi connectivity index (χ2n) is 9.95. The van der Waals surface area contributed by atoms with Gasteiger partial charge in [0.25, 0.3) is 5.56 Å². The fraction of sp³-hybridized carbons (Fsp3) is 0.640. The van der Waals surface area contributed by atoms with Gasteiger partial charge < -0.3 is 28.5 Å². The first-order valence-corrected chi connectivity index (χ1v) is 13.1. The molecule has 2 aliphatic heterocycles. The summed E-state index contributed by atoms with van der Waals surface area (Å²) in [7, 11) is 0. The number of aromatic nitrogens is 4. The Balaban J connectivity index is 1.67. The van der Waals surface area contributed by atoms with E-state index in [0.717, 1.165) is 6.42 Å². The standard InChI is InChI=1S/C25H33N5O10/c1-12(2)22(34)28-25-27-21-18(23(35)29-25)26-11-30(21)24-20(40-17-6-5-9-36-17)19(38-14(4)32)15(39-24)10-37-16(33)8-7-13(3)31/h11-12,15,17,19-20,24H,5-10H2,1-4H3,(H2,27,28,29,34,35)/t15-,17?,19-,20-,24-/m1/s1. The maximum Gasteiger partial charge on any atom is 0.306 e. The van der Waals surface area contributed by atoms with Crippen molar-refractivity contribution in [3.05, 3.63) is 16.7 Å². The van der Waals surface area contributed by atoms with Gasteiger partial charge in [-0.25, -0.2) is 4.98 Å². The van der Waals surface area contributed by atoms with Gasteiger partial charge in [0, 0.05) is 32.3 Å². The van der Waals surface area contributed by atoms with Crippen molar-refractivity contribution in [3.63, 3.8) is 0 Å². The molecule has 5 atom stereocenters. The summed E-state index contributed by atoms with van der Waals surface area (Å²) in [6.07, 6.45) is -2.03. The molecule has 218 valence electrons. The molecule has 0 aliphatic carbocycles. The molecule has 0 saturated carbocycles. The highest BCUT2D eigenvalue weighted by atomic mass is 16.7. The normalized spacial score (nSPS) is 24.4. The number of H-pyrrole nitrogens is 1. The fourth-order valence-electron chi connectivity index (χ4n) is 4.33. The fourth-order valence-corrected chi connectivity index (χ4v) is 4.33. The van der Waals surface area contributed by atoms with E-state index in [4.69, 9.17) is 23.7 Å². The predicted molar refractivity (Wildman–Crippen MR) is 136 cm³/mol. The number of carbonyl (C=O) groups is 4. The molecule has 0 bridgehead atoms. The third kappa shape index (κ3) is 6.89. The molecular formula is C25H33N5O10. The number of aromatic amines is 1. The van der Waals surface area contributed by atoms with Crippen LogP contribution in [0.25, 0.3) is 11.2 Å². The van der Waals surface area contributed by atoms with Crippen LogP contribution in [0.3, 0.4) is 0 Å². The minimum atomic E-state index is -1.04. The SMILES string of the molecule is CC(=O)CCC(=O)OC[C@H]1O[C@@H](n2cnc3c(=O)[nH]c(NC(=O)C(C)C)nc32)[C@H](OC2CCCO2)[C@@H]1OC(C)=O. The summed E-state index contributed by atoms with van der Waals surface area (Å²) in [4.78, 5) is 71.5. The number of ketones is 1. The molecule has 15 heteroatoms. The Morgan fingerprint density at radius 3 is 2.62 bits per heavy atom. The number of fused-ring (bicyclic) bond motifs is 1. The van der Waals surface area contributed by atoms with E-state index in [0.29, 0.717) is 13.0 Å². The lowest BCUT2D eigenvalue weighted by Crippen LogP contribution is -2.41. The quantitative estimate of drug-likeness (QED) is 0.369. The highest BCUT2D eigenvalue weighted by Crippen LogP contribution is 2.37. The first kappa shape index (κ1) is 29.3. The number of hydrogen-bond donors (Lipinski definition) is 2.